The van der Waals surface area contributed by atoms with E-state index in [1.165, 1.54) is 12.1 Å². The Kier molecular flexibility index (Phi) is 12.6. The topological polar surface area (TPSA) is 113 Å². The molecule has 0 radical (unpaired) electrons. The van der Waals surface area contributed by atoms with Crippen LogP contribution in [0.5, 0.6) is 0 Å². The second-order valence-corrected chi connectivity index (χ2v) is 10.6. The van der Waals surface area contributed by atoms with Crippen LogP contribution in [0.2, 0.25) is 0 Å². The number of aromatic nitrogens is 1. The van der Waals surface area contributed by atoms with Crippen LogP contribution in [0.25, 0.3) is 22.4 Å². The predicted octanol–water partition coefficient (Wildman–Crippen LogP) is -2.56. The van der Waals surface area contributed by atoms with Crippen molar-refractivity contribution >= 4 is 13.3 Å². The molecule has 2 atom stereocenters. The van der Waals surface area contributed by atoms with E-state index in [0.29, 0.717) is 28.1 Å². The van der Waals surface area contributed by atoms with Gasteiger partial charge in [0.1, 0.15) is 5.82 Å². The van der Waals surface area contributed by atoms with Gasteiger partial charge in [0, 0.05) is 29.7 Å². The Labute approximate surface area is 240 Å². The van der Waals surface area contributed by atoms with E-state index in [-0.39, 0.29) is 43.6 Å². The minimum absolute atomic E-state index is 0. The van der Waals surface area contributed by atoms with Crippen LogP contribution in [0.3, 0.4) is 0 Å². The van der Waals surface area contributed by atoms with Crippen molar-refractivity contribution in [3.8, 4) is 34.0 Å². The minimum Gasteiger partial charge on any atom is -0.790 e. The molecule has 0 fully saturated rings. The molecule has 10 heteroatoms. The molecule has 0 saturated carbocycles. The molecular weight excluding hydrogens is 482 g/mol. The summed E-state index contributed by atoms with van der Waals surface area (Å²) in [4.78, 5) is 28.0. The van der Waals surface area contributed by atoms with Crippen molar-refractivity contribution in [3.63, 3.8) is 0 Å². The van der Waals surface area contributed by atoms with Gasteiger partial charge < -0.3 is 24.5 Å². The molecule has 6 nitrogen and oxygen atoms in total. The molecule has 1 aromatic heterocycles. The van der Waals surface area contributed by atoms with E-state index >= 15 is 0 Å². The van der Waals surface area contributed by atoms with E-state index < -0.39 is 37.8 Å². The van der Waals surface area contributed by atoms with Crippen molar-refractivity contribution in [1.29, 1.82) is 0 Å². The maximum Gasteiger partial charge on any atom is 1.00 e. The van der Waals surface area contributed by atoms with Crippen LogP contribution < -0.4 is 47.7 Å². The number of benzene rings is 2. The summed E-state index contributed by atoms with van der Waals surface area (Å²) < 4.78 is 26.1. The summed E-state index contributed by atoms with van der Waals surface area (Å²) in [6.45, 7) is 5.77. The zero-order chi connectivity index (χ0) is 25.8. The summed E-state index contributed by atoms with van der Waals surface area (Å²) in [5, 5.41) is 20.4. The summed E-state index contributed by atoms with van der Waals surface area (Å²) in [6, 6.07) is 15.3. The molecule has 0 aliphatic carbocycles. The molecule has 0 amide bonds. The van der Waals surface area contributed by atoms with Crippen molar-refractivity contribution in [1.82, 2.24) is 4.98 Å². The quantitative estimate of drug-likeness (QED) is 0.214. The van der Waals surface area contributed by atoms with Gasteiger partial charge in [-0.1, -0.05) is 56.2 Å². The number of pyridine rings is 1. The number of carboxylic acid groups (broad SMARTS) is 1. The fraction of sp³-hybridized carbons (Fsp3) is 0.259. The molecule has 1 heterocycles. The number of rotatable bonds is 7. The van der Waals surface area contributed by atoms with Crippen molar-refractivity contribution in [2.75, 3.05) is 6.16 Å². The number of halogens is 1. The van der Waals surface area contributed by atoms with E-state index in [4.69, 9.17) is 4.98 Å². The second kappa shape index (κ2) is 14.2. The number of aryl methyl sites for hydroxylation is 1. The van der Waals surface area contributed by atoms with Crippen LogP contribution in [-0.2, 0) is 9.36 Å². The van der Waals surface area contributed by atoms with E-state index in [1.54, 1.807) is 18.2 Å². The van der Waals surface area contributed by atoms with Gasteiger partial charge in [-0.2, -0.15) is 0 Å². The Bertz CT molecular complexity index is 1350. The fourth-order valence-electron chi connectivity index (χ4n) is 3.69. The van der Waals surface area contributed by atoms with Gasteiger partial charge in [-0.05, 0) is 47.8 Å². The Balaban J connectivity index is 0.00000342. The maximum absolute atomic E-state index is 13.6. The van der Waals surface area contributed by atoms with Crippen LogP contribution in [0.1, 0.15) is 43.0 Å². The SMILES string of the molecule is Cc1ccccc1-c1cc(-c2ccc(F)cc2)c(C#CP(=O)([O-])C[C@H](O)CC(=O)[O-])c(C(C)C)n1.[Li+].[Li+]. The Morgan fingerprint density at radius 3 is 2.30 bits per heavy atom. The summed E-state index contributed by atoms with van der Waals surface area (Å²) in [7, 11) is -4.46. The van der Waals surface area contributed by atoms with Crippen LogP contribution in [0.15, 0.2) is 54.6 Å². The molecule has 0 saturated heterocycles. The number of carboxylic acids is 1. The third kappa shape index (κ3) is 9.00. The number of carbonyl (C=O) groups is 1. The zero-order valence-corrected chi connectivity index (χ0v) is 22.5. The number of hydrogen-bond acceptors (Lipinski definition) is 6. The standard InChI is InChI=1S/C27H27FNO5P.2Li/c1-17(2)27-23(12-13-35(33,34)16-21(30)14-26(31)32)24(19-8-10-20(28)11-9-19)15-25(29-27)22-7-5-4-6-18(22)3;;/h4-11,15,17,21,30H,14,16H2,1-3H3,(H,31,32)(H,33,34);;/q;2*+1/p-2/t21-;;/m1../s1. The summed E-state index contributed by atoms with van der Waals surface area (Å²) in [5.74, 6) is 0.619. The molecule has 0 aliphatic heterocycles. The molecule has 2 aromatic carbocycles. The number of hydrogen-bond donors (Lipinski definition) is 1. The fourth-order valence-corrected chi connectivity index (χ4v) is 4.75. The molecule has 1 unspecified atom stereocenters. The molecule has 37 heavy (non-hydrogen) atoms. The van der Waals surface area contributed by atoms with Gasteiger partial charge >= 0.3 is 37.7 Å². The molecule has 3 rings (SSSR count). The predicted molar refractivity (Wildman–Crippen MR) is 129 cm³/mol. The monoisotopic (exact) mass is 507 g/mol. The van der Waals surface area contributed by atoms with Gasteiger partial charge in [-0.15, -0.1) is 0 Å². The summed E-state index contributed by atoms with van der Waals surface area (Å²) >= 11 is 0. The molecular formula is C27H25FLi2NO5P. The van der Waals surface area contributed by atoms with Gasteiger partial charge in [-0.25, -0.2) is 4.39 Å². The van der Waals surface area contributed by atoms with Gasteiger partial charge in [-0.3, -0.25) is 4.98 Å². The van der Waals surface area contributed by atoms with E-state index in [1.807, 2.05) is 45.0 Å². The number of carbonyl (C=O) groups excluding carboxylic acids is 1. The first kappa shape index (κ1) is 32.9. The van der Waals surface area contributed by atoms with Crippen molar-refractivity contribution in [2.45, 2.75) is 39.2 Å². The smallest absolute Gasteiger partial charge is 0.790 e. The van der Waals surface area contributed by atoms with Gasteiger partial charge in [0.25, 0.3) is 0 Å². The second-order valence-electron chi connectivity index (χ2n) is 8.61. The third-order valence-corrected chi connectivity index (χ3v) is 6.73. The third-order valence-electron chi connectivity index (χ3n) is 5.38. The Hall–Kier alpha value is -2.11. The molecule has 0 aliphatic rings. The van der Waals surface area contributed by atoms with E-state index in [0.717, 1.165) is 11.1 Å². The van der Waals surface area contributed by atoms with Crippen molar-refractivity contribution in [2.24, 2.45) is 0 Å². The first-order valence-corrected chi connectivity index (χ1v) is 12.9. The Morgan fingerprint density at radius 2 is 1.73 bits per heavy atom. The van der Waals surface area contributed by atoms with Crippen molar-refractivity contribution in [3.05, 3.63) is 77.2 Å². The van der Waals surface area contributed by atoms with E-state index in [9.17, 15) is 28.9 Å². The van der Waals surface area contributed by atoms with Crippen LogP contribution in [0, 0.1) is 24.3 Å². The normalized spacial score (nSPS) is 12.8. The largest absolute Gasteiger partial charge is 1.00 e. The van der Waals surface area contributed by atoms with Crippen LogP contribution >= 0.6 is 7.37 Å². The van der Waals surface area contributed by atoms with Gasteiger partial charge in [0.15, 0.2) is 0 Å². The molecule has 3 aromatic rings. The van der Waals surface area contributed by atoms with Gasteiger partial charge in [0.05, 0.1) is 30.4 Å². The summed E-state index contributed by atoms with van der Waals surface area (Å²) in [6.07, 6.45) is -3.25. The minimum atomic E-state index is -4.46. The number of aliphatic hydroxyl groups excluding tert-OH is 1. The van der Waals surface area contributed by atoms with E-state index in [2.05, 4.69) is 11.6 Å². The Morgan fingerprint density at radius 1 is 1.11 bits per heavy atom. The first-order valence-electron chi connectivity index (χ1n) is 11.0. The first-order chi connectivity index (χ1) is 16.5. The molecule has 1 N–H and O–H groups in total. The molecule has 182 valence electrons. The van der Waals surface area contributed by atoms with Crippen LogP contribution in [-0.4, -0.2) is 28.3 Å². The average Bonchev–Trinajstić information content (AvgIpc) is 2.77. The number of aliphatic carboxylic acids is 1. The number of aliphatic hydroxyl groups is 1. The van der Waals surface area contributed by atoms with Gasteiger partial charge in [0.2, 0.25) is 0 Å². The number of nitrogens with zero attached hydrogens (tertiary/aromatic N) is 1. The van der Waals surface area contributed by atoms with Crippen molar-refractivity contribution < 1.29 is 66.6 Å². The average molecular weight is 507 g/mol. The molecule has 0 spiro atoms. The zero-order valence-electron chi connectivity index (χ0n) is 21.6. The maximum atomic E-state index is 13.6. The summed E-state index contributed by atoms with van der Waals surface area (Å²) in [5.41, 5.74) is 6.96. The van der Waals surface area contributed by atoms with Crippen LogP contribution in [0.4, 0.5) is 4.39 Å². The molecule has 0 bridgehead atoms.